The van der Waals surface area contributed by atoms with Crippen molar-refractivity contribution in [1.29, 1.82) is 0 Å². The molecule has 1 heterocycles. The average molecular weight is 279 g/mol. The molecule has 1 aromatic rings. The Morgan fingerprint density at radius 3 is 2.43 bits per heavy atom. The lowest BCUT2D eigenvalue weighted by Gasteiger charge is -2.01. The molecular formula is C8H11BrN2O2S. The Morgan fingerprint density at radius 2 is 1.93 bits per heavy atom. The largest absolute Gasteiger partial charge is 0.229 e. The molecule has 0 N–H and O–H groups in total. The summed E-state index contributed by atoms with van der Waals surface area (Å²) in [4.78, 5) is 7.75. The van der Waals surface area contributed by atoms with Crippen molar-refractivity contribution < 1.29 is 8.42 Å². The number of unbranched alkanes of at least 4 members (excludes halogenated alkanes) is 1. The van der Waals surface area contributed by atoms with E-state index in [1.54, 1.807) is 0 Å². The number of halogens is 1. The van der Waals surface area contributed by atoms with Crippen LogP contribution in [0.3, 0.4) is 0 Å². The van der Waals surface area contributed by atoms with Crippen LogP contribution in [-0.2, 0) is 9.84 Å². The Hall–Kier alpha value is -0.490. The third-order valence-electron chi connectivity index (χ3n) is 1.72. The highest BCUT2D eigenvalue weighted by Gasteiger charge is 2.14. The van der Waals surface area contributed by atoms with Crippen molar-refractivity contribution in [3.05, 3.63) is 17.1 Å². The molecule has 0 saturated carbocycles. The molecule has 6 heteroatoms. The second kappa shape index (κ2) is 4.84. The van der Waals surface area contributed by atoms with Gasteiger partial charge in [-0.25, -0.2) is 18.4 Å². The van der Waals surface area contributed by atoms with Crippen LogP contribution >= 0.6 is 15.9 Å². The molecule has 14 heavy (non-hydrogen) atoms. The minimum atomic E-state index is -3.19. The van der Waals surface area contributed by atoms with Crippen LogP contribution in [0.5, 0.6) is 0 Å². The fraction of sp³-hybridized carbons (Fsp3) is 0.500. The Morgan fingerprint density at radius 1 is 1.36 bits per heavy atom. The van der Waals surface area contributed by atoms with E-state index in [1.807, 2.05) is 6.92 Å². The Labute approximate surface area is 91.8 Å². The van der Waals surface area contributed by atoms with E-state index in [2.05, 4.69) is 25.9 Å². The SMILES string of the molecule is CCCCS(=O)(=O)c1cnc(Br)nc1. The number of sulfone groups is 1. The maximum Gasteiger partial charge on any atom is 0.196 e. The molecule has 0 aliphatic rings. The zero-order valence-electron chi connectivity index (χ0n) is 7.77. The van der Waals surface area contributed by atoms with Crippen molar-refractivity contribution in [3.8, 4) is 0 Å². The molecule has 78 valence electrons. The highest BCUT2D eigenvalue weighted by molar-refractivity contribution is 9.10. The van der Waals surface area contributed by atoms with Crippen LogP contribution in [0, 0.1) is 0 Å². The van der Waals surface area contributed by atoms with Crippen LogP contribution in [0.2, 0.25) is 0 Å². The molecule has 1 rings (SSSR count). The summed E-state index contributed by atoms with van der Waals surface area (Å²) in [5, 5.41) is 0. The number of hydrogen-bond donors (Lipinski definition) is 0. The minimum Gasteiger partial charge on any atom is -0.229 e. The van der Waals surface area contributed by atoms with Gasteiger partial charge in [-0.3, -0.25) is 0 Å². The maximum atomic E-state index is 11.6. The molecule has 0 unspecified atom stereocenters. The van der Waals surface area contributed by atoms with Crippen molar-refractivity contribution in [2.24, 2.45) is 0 Å². The lowest BCUT2D eigenvalue weighted by atomic mass is 10.4. The predicted molar refractivity (Wildman–Crippen MR) is 56.7 cm³/mol. The van der Waals surface area contributed by atoms with E-state index < -0.39 is 9.84 Å². The first kappa shape index (κ1) is 11.6. The quantitative estimate of drug-likeness (QED) is 0.789. The van der Waals surface area contributed by atoms with Gasteiger partial charge in [0.05, 0.1) is 18.1 Å². The Balaban J connectivity index is 2.87. The van der Waals surface area contributed by atoms with Crippen LogP contribution in [0.25, 0.3) is 0 Å². The smallest absolute Gasteiger partial charge is 0.196 e. The van der Waals surface area contributed by atoms with E-state index in [9.17, 15) is 8.42 Å². The molecule has 0 aromatic carbocycles. The van der Waals surface area contributed by atoms with Gasteiger partial charge in [-0.2, -0.15) is 0 Å². The number of nitrogens with zero attached hydrogens (tertiary/aromatic N) is 2. The van der Waals surface area contributed by atoms with E-state index in [0.29, 0.717) is 11.2 Å². The summed E-state index contributed by atoms with van der Waals surface area (Å²) in [7, 11) is -3.19. The summed E-state index contributed by atoms with van der Waals surface area (Å²) in [6, 6.07) is 0. The minimum absolute atomic E-state index is 0.161. The molecule has 0 amide bonds. The third kappa shape index (κ3) is 3.02. The van der Waals surface area contributed by atoms with Crippen LogP contribution in [0.1, 0.15) is 19.8 Å². The monoisotopic (exact) mass is 278 g/mol. The average Bonchev–Trinajstić information content (AvgIpc) is 2.16. The second-order valence-electron chi connectivity index (χ2n) is 2.86. The molecule has 0 aliphatic heterocycles. The van der Waals surface area contributed by atoms with E-state index in [4.69, 9.17) is 0 Å². The normalized spacial score (nSPS) is 11.6. The van der Waals surface area contributed by atoms with Crippen LogP contribution in [0.15, 0.2) is 22.0 Å². The molecule has 0 bridgehead atoms. The fourth-order valence-electron chi connectivity index (χ4n) is 0.913. The maximum absolute atomic E-state index is 11.6. The molecule has 0 aliphatic carbocycles. The molecule has 0 saturated heterocycles. The first-order valence-electron chi connectivity index (χ1n) is 4.26. The van der Waals surface area contributed by atoms with Crippen LogP contribution in [0.4, 0.5) is 0 Å². The van der Waals surface area contributed by atoms with Gasteiger partial charge in [-0.1, -0.05) is 13.3 Å². The van der Waals surface area contributed by atoms with Crippen molar-refractivity contribution in [2.45, 2.75) is 24.7 Å². The van der Waals surface area contributed by atoms with Gasteiger partial charge in [0.25, 0.3) is 0 Å². The van der Waals surface area contributed by atoms with Crippen LogP contribution < -0.4 is 0 Å². The zero-order chi connectivity index (χ0) is 10.6. The number of hydrogen-bond acceptors (Lipinski definition) is 4. The standard InChI is InChI=1S/C8H11BrN2O2S/c1-2-3-4-14(12,13)7-5-10-8(9)11-6-7/h5-6H,2-4H2,1H3. The van der Waals surface area contributed by atoms with Crippen molar-refractivity contribution >= 4 is 25.8 Å². The van der Waals surface area contributed by atoms with Gasteiger partial charge in [0, 0.05) is 0 Å². The van der Waals surface area contributed by atoms with Gasteiger partial charge in [-0.15, -0.1) is 0 Å². The molecule has 0 radical (unpaired) electrons. The molecule has 0 fully saturated rings. The number of aromatic nitrogens is 2. The molecule has 4 nitrogen and oxygen atoms in total. The lowest BCUT2D eigenvalue weighted by Crippen LogP contribution is -2.07. The summed E-state index contributed by atoms with van der Waals surface area (Å²) in [6.45, 7) is 1.95. The van der Waals surface area contributed by atoms with Crippen molar-refractivity contribution in [3.63, 3.8) is 0 Å². The Bertz CT molecular complexity index is 388. The molecule has 1 aromatic heterocycles. The van der Waals surface area contributed by atoms with Gasteiger partial charge in [0.1, 0.15) is 4.90 Å². The topological polar surface area (TPSA) is 59.9 Å². The highest BCUT2D eigenvalue weighted by atomic mass is 79.9. The van der Waals surface area contributed by atoms with Crippen molar-refractivity contribution in [2.75, 3.05) is 5.75 Å². The molecule has 0 atom stereocenters. The summed E-state index contributed by atoms with van der Waals surface area (Å²) in [5.74, 6) is 0.161. The summed E-state index contributed by atoms with van der Waals surface area (Å²) in [6.07, 6.45) is 4.17. The van der Waals surface area contributed by atoms with Crippen molar-refractivity contribution in [1.82, 2.24) is 9.97 Å². The summed E-state index contributed by atoms with van der Waals surface area (Å²) >= 11 is 3.05. The van der Waals surface area contributed by atoms with Crippen LogP contribution in [-0.4, -0.2) is 24.1 Å². The van der Waals surface area contributed by atoms with E-state index in [1.165, 1.54) is 12.4 Å². The number of rotatable bonds is 4. The third-order valence-corrected chi connectivity index (χ3v) is 3.89. The first-order chi connectivity index (χ1) is 6.56. The van der Waals surface area contributed by atoms with E-state index >= 15 is 0 Å². The molecule has 0 spiro atoms. The van der Waals surface area contributed by atoms with Gasteiger partial charge < -0.3 is 0 Å². The van der Waals surface area contributed by atoms with Gasteiger partial charge in [0.15, 0.2) is 14.6 Å². The first-order valence-corrected chi connectivity index (χ1v) is 6.71. The second-order valence-corrected chi connectivity index (χ2v) is 5.68. The van der Waals surface area contributed by atoms with Gasteiger partial charge in [-0.05, 0) is 22.4 Å². The zero-order valence-corrected chi connectivity index (χ0v) is 10.2. The molecular weight excluding hydrogens is 268 g/mol. The Kier molecular flexibility index (Phi) is 4.00. The summed E-state index contributed by atoms with van der Waals surface area (Å²) < 4.78 is 23.6. The van der Waals surface area contributed by atoms with E-state index in [-0.39, 0.29) is 10.6 Å². The fourth-order valence-corrected chi connectivity index (χ4v) is 2.45. The lowest BCUT2D eigenvalue weighted by molar-refractivity contribution is 0.591. The van der Waals surface area contributed by atoms with Gasteiger partial charge >= 0.3 is 0 Å². The predicted octanol–water partition coefficient (Wildman–Crippen LogP) is 1.81. The van der Waals surface area contributed by atoms with E-state index in [0.717, 1.165) is 6.42 Å². The highest BCUT2D eigenvalue weighted by Crippen LogP contribution is 2.11. The summed E-state index contributed by atoms with van der Waals surface area (Å²) in [5.41, 5.74) is 0. The van der Waals surface area contributed by atoms with Gasteiger partial charge in [0.2, 0.25) is 0 Å².